The van der Waals surface area contributed by atoms with Crippen LogP contribution in [0.1, 0.15) is 26.3 Å². The fourth-order valence-corrected chi connectivity index (χ4v) is 3.05. The molecule has 0 radical (unpaired) electrons. The van der Waals surface area contributed by atoms with Crippen LogP contribution < -0.4 is 9.47 Å². The molecule has 0 fully saturated rings. The normalized spacial score (nSPS) is 15.1. The molecule has 0 spiro atoms. The van der Waals surface area contributed by atoms with Crippen LogP contribution in [0.2, 0.25) is 0 Å². The van der Waals surface area contributed by atoms with Crippen molar-refractivity contribution in [2.75, 3.05) is 40.1 Å². The number of ether oxygens (including phenoxy) is 4. The molecule has 0 bridgehead atoms. The van der Waals surface area contributed by atoms with Gasteiger partial charge in [-0.2, -0.15) is 5.26 Å². The predicted octanol–water partition coefficient (Wildman–Crippen LogP) is 2.27. The van der Waals surface area contributed by atoms with Gasteiger partial charge in [-0.25, -0.2) is 0 Å². The second-order valence-electron chi connectivity index (χ2n) is 6.73. The molecule has 32 heavy (non-hydrogen) atoms. The van der Waals surface area contributed by atoms with Crippen molar-refractivity contribution in [2.24, 2.45) is 0 Å². The van der Waals surface area contributed by atoms with Crippen LogP contribution in [0, 0.1) is 11.3 Å². The van der Waals surface area contributed by atoms with E-state index in [0.29, 0.717) is 29.2 Å². The quantitative estimate of drug-likeness (QED) is 0.235. The highest BCUT2D eigenvalue weighted by atomic mass is 16.6. The van der Waals surface area contributed by atoms with Crippen LogP contribution in [0.15, 0.2) is 34.9 Å². The average molecular weight is 442 g/mol. The summed E-state index contributed by atoms with van der Waals surface area (Å²) >= 11 is 0. The lowest BCUT2D eigenvalue weighted by molar-refractivity contribution is -0.142. The molecule has 2 rings (SSSR count). The largest absolute Gasteiger partial charge is 0.493 e. The Morgan fingerprint density at radius 2 is 1.91 bits per heavy atom. The zero-order valence-corrected chi connectivity index (χ0v) is 18.6. The highest BCUT2D eigenvalue weighted by molar-refractivity contribution is 6.19. The summed E-state index contributed by atoms with van der Waals surface area (Å²) < 4.78 is 20.9. The number of hydrogen-bond donors (Lipinski definition) is 0. The van der Waals surface area contributed by atoms with Crippen LogP contribution in [-0.2, 0) is 23.9 Å². The fourth-order valence-electron chi connectivity index (χ4n) is 3.05. The molecular formula is C23H26N2O7. The fraction of sp³-hybridized carbons (Fsp3) is 0.391. The summed E-state index contributed by atoms with van der Waals surface area (Å²) in [7, 11) is 1.52. The van der Waals surface area contributed by atoms with Crippen LogP contribution in [-0.4, -0.2) is 62.8 Å². The van der Waals surface area contributed by atoms with E-state index in [0.717, 1.165) is 4.90 Å². The molecule has 0 aromatic heterocycles. The highest BCUT2D eigenvalue weighted by Crippen LogP contribution is 2.31. The molecule has 0 saturated heterocycles. The molecule has 0 atom stereocenters. The maximum Gasteiger partial charge on any atom is 0.302 e. The molecule has 1 aromatic carbocycles. The minimum atomic E-state index is -0.667. The standard InChI is InChI=1S/C23H26N2O7/c1-5-31-20-7-6-17(13-21(20)29-4)12-18-15(2)19(14-24)23(28)25(22(18)27)8-9-30-10-11-32-16(3)26/h6-7,12-13H,5,8-11H2,1-4H3/b18-12+. The summed E-state index contributed by atoms with van der Waals surface area (Å²) in [4.78, 5) is 37.4. The number of carbonyl (C=O) groups is 3. The van der Waals surface area contributed by atoms with Crippen LogP contribution in [0.4, 0.5) is 0 Å². The van der Waals surface area contributed by atoms with Gasteiger partial charge in [-0.3, -0.25) is 19.3 Å². The van der Waals surface area contributed by atoms with Gasteiger partial charge >= 0.3 is 5.97 Å². The van der Waals surface area contributed by atoms with E-state index < -0.39 is 17.8 Å². The molecule has 170 valence electrons. The van der Waals surface area contributed by atoms with E-state index in [1.807, 2.05) is 13.0 Å². The van der Waals surface area contributed by atoms with Gasteiger partial charge in [0, 0.05) is 12.5 Å². The third-order valence-corrected chi connectivity index (χ3v) is 4.62. The zero-order chi connectivity index (χ0) is 23.7. The second kappa shape index (κ2) is 11.7. The minimum absolute atomic E-state index is 0.0415. The number of nitrogens with zero attached hydrogens (tertiary/aromatic N) is 2. The average Bonchev–Trinajstić information content (AvgIpc) is 2.76. The SMILES string of the molecule is CCOc1ccc(/C=C2/C(=O)N(CCOCCOC(C)=O)C(=O)C(C#N)=C2C)cc1OC. The Labute approximate surface area is 186 Å². The topological polar surface area (TPSA) is 115 Å². The third-order valence-electron chi connectivity index (χ3n) is 4.62. The van der Waals surface area contributed by atoms with Gasteiger partial charge in [-0.15, -0.1) is 0 Å². The summed E-state index contributed by atoms with van der Waals surface area (Å²) in [6, 6.07) is 7.09. The van der Waals surface area contributed by atoms with Gasteiger partial charge in [0.1, 0.15) is 18.2 Å². The summed E-state index contributed by atoms with van der Waals surface area (Å²) in [5.74, 6) is -0.543. The summed E-state index contributed by atoms with van der Waals surface area (Å²) in [6.07, 6.45) is 1.61. The predicted molar refractivity (Wildman–Crippen MR) is 115 cm³/mol. The molecule has 9 nitrogen and oxygen atoms in total. The lowest BCUT2D eigenvalue weighted by Gasteiger charge is -2.27. The molecule has 0 saturated carbocycles. The zero-order valence-electron chi connectivity index (χ0n) is 18.6. The van der Waals surface area contributed by atoms with Gasteiger partial charge in [-0.1, -0.05) is 6.07 Å². The number of methoxy groups -OCH3 is 1. The van der Waals surface area contributed by atoms with E-state index in [1.165, 1.54) is 14.0 Å². The summed E-state index contributed by atoms with van der Waals surface area (Å²) in [6.45, 7) is 5.40. The van der Waals surface area contributed by atoms with Gasteiger partial charge in [-0.05, 0) is 43.2 Å². The number of benzene rings is 1. The van der Waals surface area contributed by atoms with Crippen molar-refractivity contribution < 1.29 is 33.3 Å². The Balaban J connectivity index is 2.25. The van der Waals surface area contributed by atoms with Crippen LogP contribution in [0.25, 0.3) is 6.08 Å². The molecule has 2 amide bonds. The Kier molecular flexibility index (Phi) is 8.98. The molecule has 0 aliphatic carbocycles. The molecule has 0 N–H and O–H groups in total. The van der Waals surface area contributed by atoms with Crippen molar-refractivity contribution in [2.45, 2.75) is 20.8 Å². The van der Waals surface area contributed by atoms with Gasteiger partial charge in [0.15, 0.2) is 11.5 Å². The molecular weight excluding hydrogens is 416 g/mol. The lowest BCUT2D eigenvalue weighted by Crippen LogP contribution is -2.44. The van der Waals surface area contributed by atoms with Crippen LogP contribution in [0.3, 0.4) is 0 Å². The number of hydrogen-bond acceptors (Lipinski definition) is 8. The number of amides is 2. The highest BCUT2D eigenvalue weighted by Gasteiger charge is 2.35. The van der Waals surface area contributed by atoms with Crippen molar-refractivity contribution in [1.82, 2.24) is 4.90 Å². The van der Waals surface area contributed by atoms with E-state index in [2.05, 4.69) is 0 Å². The van der Waals surface area contributed by atoms with Gasteiger partial charge in [0.05, 0.1) is 33.5 Å². The van der Waals surface area contributed by atoms with Gasteiger partial charge in [0.2, 0.25) is 0 Å². The minimum Gasteiger partial charge on any atom is -0.493 e. The number of nitriles is 1. The summed E-state index contributed by atoms with van der Waals surface area (Å²) in [5, 5.41) is 9.48. The third kappa shape index (κ3) is 5.95. The number of carbonyl (C=O) groups excluding carboxylic acids is 3. The molecule has 1 heterocycles. The summed E-state index contributed by atoms with van der Waals surface area (Å²) in [5.41, 5.74) is 1.08. The van der Waals surface area contributed by atoms with Crippen LogP contribution in [0.5, 0.6) is 11.5 Å². The molecule has 1 aliphatic rings. The lowest BCUT2D eigenvalue weighted by atomic mass is 9.93. The van der Waals surface area contributed by atoms with Crippen LogP contribution >= 0.6 is 0 Å². The second-order valence-corrected chi connectivity index (χ2v) is 6.73. The Morgan fingerprint density at radius 1 is 1.16 bits per heavy atom. The Morgan fingerprint density at radius 3 is 2.53 bits per heavy atom. The first kappa shape index (κ1) is 24.6. The molecule has 0 unspecified atom stereocenters. The number of esters is 1. The van der Waals surface area contributed by atoms with E-state index in [9.17, 15) is 19.6 Å². The first-order valence-electron chi connectivity index (χ1n) is 10.0. The first-order valence-corrected chi connectivity index (χ1v) is 10.0. The number of rotatable bonds is 10. The van der Waals surface area contributed by atoms with Crippen molar-refractivity contribution >= 4 is 23.9 Å². The van der Waals surface area contributed by atoms with Crippen molar-refractivity contribution in [3.8, 4) is 17.6 Å². The van der Waals surface area contributed by atoms with Gasteiger partial charge < -0.3 is 18.9 Å². The smallest absolute Gasteiger partial charge is 0.302 e. The maximum absolute atomic E-state index is 13.1. The Hall–Kier alpha value is -3.64. The van der Waals surface area contributed by atoms with Crippen molar-refractivity contribution in [1.29, 1.82) is 5.26 Å². The molecule has 1 aliphatic heterocycles. The monoisotopic (exact) mass is 442 g/mol. The van der Waals surface area contributed by atoms with E-state index in [1.54, 1.807) is 31.2 Å². The molecule has 1 aromatic rings. The molecule has 9 heteroatoms. The van der Waals surface area contributed by atoms with E-state index in [-0.39, 0.29) is 37.5 Å². The maximum atomic E-state index is 13.1. The van der Waals surface area contributed by atoms with E-state index >= 15 is 0 Å². The van der Waals surface area contributed by atoms with Crippen molar-refractivity contribution in [3.05, 3.63) is 40.5 Å². The first-order chi connectivity index (χ1) is 15.3. The Bertz CT molecular complexity index is 989. The van der Waals surface area contributed by atoms with Gasteiger partial charge in [0.25, 0.3) is 11.8 Å². The van der Waals surface area contributed by atoms with Crippen molar-refractivity contribution in [3.63, 3.8) is 0 Å². The number of imide groups is 1. The van der Waals surface area contributed by atoms with E-state index in [4.69, 9.17) is 18.9 Å².